The van der Waals surface area contributed by atoms with Crippen LogP contribution in [0.2, 0.25) is 0 Å². The lowest BCUT2D eigenvalue weighted by Crippen LogP contribution is -2.47. The van der Waals surface area contributed by atoms with Gasteiger partial charge in [0.1, 0.15) is 5.82 Å². The number of aryl methyl sites for hydroxylation is 1. The summed E-state index contributed by atoms with van der Waals surface area (Å²) in [7, 11) is -3.89. The Bertz CT molecular complexity index is 798. The van der Waals surface area contributed by atoms with Gasteiger partial charge in [0.15, 0.2) is 5.82 Å². The van der Waals surface area contributed by atoms with Crippen molar-refractivity contribution in [2.75, 3.05) is 0 Å². The fraction of sp³-hybridized carbons (Fsp3) is 0.467. The molecule has 0 radical (unpaired) electrons. The molecule has 2 aromatic rings. The largest absolute Gasteiger partial charge is 0.340 e. The predicted octanol–water partition coefficient (Wildman–Crippen LogP) is 2.66. The molecule has 0 spiro atoms. The van der Waals surface area contributed by atoms with Crippen LogP contribution in [0.5, 0.6) is 0 Å². The number of halogens is 1. The Kier molecular flexibility index (Phi) is 4.20. The molecule has 0 atom stereocenters. The molecule has 3 rings (SSSR count). The van der Waals surface area contributed by atoms with Crippen molar-refractivity contribution in [3.05, 3.63) is 41.8 Å². The zero-order valence-corrected chi connectivity index (χ0v) is 13.6. The smallest absolute Gasteiger partial charge is 0.241 e. The lowest BCUT2D eigenvalue weighted by molar-refractivity contribution is 0.248. The molecule has 1 saturated carbocycles. The normalized spacial score (nSPS) is 18.0. The van der Waals surface area contributed by atoms with Gasteiger partial charge in [-0.1, -0.05) is 30.5 Å². The number of benzene rings is 1. The monoisotopic (exact) mass is 339 g/mol. The first-order valence-electron chi connectivity index (χ1n) is 7.52. The number of nitrogens with zero attached hydrogens (tertiary/aromatic N) is 2. The Balaban J connectivity index is 1.98. The summed E-state index contributed by atoms with van der Waals surface area (Å²) in [6, 6.07) is 4.94. The van der Waals surface area contributed by atoms with Crippen LogP contribution in [0.4, 0.5) is 4.39 Å². The van der Waals surface area contributed by atoms with Crippen molar-refractivity contribution in [2.24, 2.45) is 0 Å². The molecule has 1 heterocycles. The summed E-state index contributed by atoms with van der Waals surface area (Å²) < 4.78 is 46.4. The third-order valence-electron chi connectivity index (χ3n) is 4.10. The highest BCUT2D eigenvalue weighted by Gasteiger charge is 2.42. The van der Waals surface area contributed by atoms with Gasteiger partial charge in [-0.3, -0.25) is 0 Å². The van der Waals surface area contributed by atoms with E-state index in [0.717, 1.165) is 25.3 Å². The van der Waals surface area contributed by atoms with Gasteiger partial charge >= 0.3 is 0 Å². The molecule has 0 saturated heterocycles. The first-order chi connectivity index (χ1) is 10.9. The van der Waals surface area contributed by atoms with Crippen molar-refractivity contribution >= 4 is 10.0 Å². The zero-order valence-electron chi connectivity index (χ0n) is 12.8. The lowest BCUT2D eigenvalue weighted by Gasteiger charge is -2.34. The Hall–Kier alpha value is -1.80. The van der Waals surface area contributed by atoms with Crippen LogP contribution >= 0.6 is 0 Å². The van der Waals surface area contributed by atoms with E-state index in [0.29, 0.717) is 24.6 Å². The second kappa shape index (κ2) is 6.01. The highest BCUT2D eigenvalue weighted by atomic mass is 32.2. The van der Waals surface area contributed by atoms with Gasteiger partial charge < -0.3 is 4.52 Å². The van der Waals surface area contributed by atoms with E-state index < -0.39 is 21.4 Å². The molecule has 0 amide bonds. The van der Waals surface area contributed by atoms with E-state index in [1.807, 2.05) is 0 Å². The Morgan fingerprint density at radius 1 is 1.26 bits per heavy atom. The zero-order chi connectivity index (χ0) is 16.5. The van der Waals surface area contributed by atoms with Gasteiger partial charge in [0.25, 0.3) is 0 Å². The minimum Gasteiger partial charge on any atom is -0.340 e. The maximum atomic E-state index is 13.4. The molecule has 1 aromatic heterocycles. The molecule has 1 fully saturated rings. The number of rotatable bonds is 4. The lowest BCUT2D eigenvalue weighted by atomic mass is 9.82. The summed E-state index contributed by atoms with van der Waals surface area (Å²) in [4.78, 5) is 4.11. The second-order valence-corrected chi connectivity index (χ2v) is 7.53. The predicted molar refractivity (Wildman–Crippen MR) is 80.5 cm³/mol. The number of nitrogens with one attached hydrogen (secondary N) is 1. The van der Waals surface area contributed by atoms with Gasteiger partial charge in [-0.05, 0) is 31.0 Å². The minimum atomic E-state index is -3.89. The molecule has 0 bridgehead atoms. The SMILES string of the molecule is Cc1nc(C2(NS(=O)(=O)c3cccc(F)c3)CCCCC2)no1. The Morgan fingerprint density at radius 2 is 2.00 bits per heavy atom. The third-order valence-corrected chi connectivity index (χ3v) is 5.63. The van der Waals surface area contributed by atoms with Crippen LogP contribution in [-0.4, -0.2) is 18.6 Å². The van der Waals surface area contributed by atoms with Gasteiger partial charge in [-0.25, -0.2) is 12.8 Å². The maximum absolute atomic E-state index is 13.4. The summed E-state index contributed by atoms with van der Waals surface area (Å²) in [5, 5.41) is 3.92. The molecule has 1 aromatic carbocycles. The Labute approximate surface area is 134 Å². The fourth-order valence-corrected chi connectivity index (χ4v) is 4.42. The molecule has 0 unspecified atom stereocenters. The molecule has 1 N–H and O–H groups in total. The second-order valence-electron chi connectivity index (χ2n) is 5.84. The molecular weight excluding hydrogens is 321 g/mol. The third kappa shape index (κ3) is 3.28. The quantitative estimate of drug-likeness (QED) is 0.925. The highest BCUT2D eigenvalue weighted by Crippen LogP contribution is 2.37. The summed E-state index contributed by atoms with van der Waals surface area (Å²) in [6.45, 7) is 1.66. The summed E-state index contributed by atoms with van der Waals surface area (Å²) in [6.07, 6.45) is 3.92. The number of hydrogen-bond donors (Lipinski definition) is 1. The summed E-state index contributed by atoms with van der Waals surface area (Å²) in [5.74, 6) is 0.130. The number of aromatic nitrogens is 2. The number of hydrogen-bond acceptors (Lipinski definition) is 5. The number of sulfonamides is 1. The molecule has 1 aliphatic carbocycles. The Morgan fingerprint density at radius 3 is 2.61 bits per heavy atom. The van der Waals surface area contributed by atoms with Crippen molar-refractivity contribution in [1.82, 2.24) is 14.9 Å². The first-order valence-corrected chi connectivity index (χ1v) is 9.00. The topological polar surface area (TPSA) is 85.1 Å². The standard InChI is InChI=1S/C15H18FN3O3S/c1-11-17-14(18-22-11)15(8-3-2-4-9-15)19-23(20,21)13-7-5-6-12(16)10-13/h5-7,10,19H,2-4,8-9H2,1H3. The fourth-order valence-electron chi connectivity index (χ4n) is 2.97. The van der Waals surface area contributed by atoms with E-state index in [-0.39, 0.29) is 4.90 Å². The van der Waals surface area contributed by atoms with E-state index in [4.69, 9.17) is 4.52 Å². The van der Waals surface area contributed by atoms with Crippen LogP contribution in [0, 0.1) is 12.7 Å². The highest BCUT2D eigenvalue weighted by molar-refractivity contribution is 7.89. The average Bonchev–Trinajstić information content (AvgIpc) is 2.95. The van der Waals surface area contributed by atoms with E-state index in [1.165, 1.54) is 18.2 Å². The molecule has 0 aliphatic heterocycles. The van der Waals surface area contributed by atoms with Crippen LogP contribution in [0.3, 0.4) is 0 Å². The molecule has 1 aliphatic rings. The van der Waals surface area contributed by atoms with Crippen molar-refractivity contribution in [3.8, 4) is 0 Å². The van der Waals surface area contributed by atoms with E-state index in [9.17, 15) is 12.8 Å². The molecule has 124 valence electrons. The van der Waals surface area contributed by atoms with Gasteiger partial charge in [0.2, 0.25) is 15.9 Å². The molecule has 6 nitrogen and oxygen atoms in total. The van der Waals surface area contributed by atoms with Crippen molar-refractivity contribution < 1.29 is 17.3 Å². The maximum Gasteiger partial charge on any atom is 0.241 e. The van der Waals surface area contributed by atoms with E-state index >= 15 is 0 Å². The first kappa shape index (κ1) is 16.1. The van der Waals surface area contributed by atoms with Crippen LogP contribution < -0.4 is 4.72 Å². The van der Waals surface area contributed by atoms with Gasteiger partial charge in [-0.15, -0.1) is 0 Å². The molecule has 23 heavy (non-hydrogen) atoms. The summed E-state index contributed by atoms with van der Waals surface area (Å²) >= 11 is 0. The van der Waals surface area contributed by atoms with Gasteiger partial charge in [0, 0.05) is 6.92 Å². The van der Waals surface area contributed by atoms with E-state index in [2.05, 4.69) is 14.9 Å². The molecular formula is C15H18FN3O3S. The van der Waals surface area contributed by atoms with Crippen LogP contribution in [0.15, 0.2) is 33.7 Å². The molecule has 8 heteroatoms. The van der Waals surface area contributed by atoms with Crippen LogP contribution in [-0.2, 0) is 15.6 Å². The van der Waals surface area contributed by atoms with Crippen molar-refractivity contribution in [2.45, 2.75) is 49.5 Å². The van der Waals surface area contributed by atoms with Crippen LogP contribution in [0.25, 0.3) is 0 Å². The minimum absolute atomic E-state index is 0.109. The van der Waals surface area contributed by atoms with Gasteiger partial charge in [-0.2, -0.15) is 9.71 Å². The van der Waals surface area contributed by atoms with Gasteiger partial charge in [0.05, 0.1) is 10.4 Å². The van der Waals surface area contributed by atoms with Crippen molar-refractivity contribution in [1.29, 1.82) is 0 Å². The van der Waals surface area contributed by atoms with Crippen molar-refractivity contribution in [3.63, 3.8) is 0 Å². The summed E-state index contributed by atoms with van der Waals surface area (Å²) in [5.41, 5.74) is -0.902. The van der Waals surface area contributed by atoms with E-state index in [1.54, 1.807) is 6.92 Å². The average molecular weight is 339 g/mol. The van der Waals surface area contributed by atoms with Crippen LogP contribution in [0.1, 0.15) is 43.8 Å².